The molecule has 0 aromatic rings. The van der Waals surface area contributed by atoms with Gasteiger partial charge >= 0.3 is 14.1 Å². The molecular weight excluding hydrogens is 102 g/mol. The van der Waals surface area contributed by atoms with Crippen molar-refractivity contribution >= 4 is 30.0 Å². The highest BCUT2D eigenvalue weighted by atomic mass is 31.3. The predicted molar refractivity (Wildman–Crippen MR) is 24.7 cm³/mol. The molecule has 22 valence electrons. The zero-order chi connectivity index (χ0) is 3.41. The van der Waals surface area contributed by atoms with Crippen molar-refractivity contribution in [2.24, 2.45) is 0 Å². The van der Waals surface area contributed by atoms with Crippen molar-refractivity contribution in [3.05, 3.63) is 0 Å². The second kappa shape index (κ2) is 3.85. The first kappa shape index (κ1) is 4.85. The van der Waals surface area contributed by atoms with E-state index in [2.05, 4.69) is 0 Å². The van der Waals surface area contributed by atoms with Crippen LogP contribution in [0.1, 0.15) is 0 Å². The molecule has 0 aromatic carbocycles. The van der Waals surface area contributed by atoms with E-state index >= 15 is 0 Å². The molecule has 0 aliphatic carbocycles. The van der Waals surface area contributed by atoms with Crippen LogP contribution in [0.2, 0.25) is 0 Å². The molecule has 0 aliphatic heterocycles. The Balaban J connectivity index is 2.30. The SMILES string of the molecule is O=[P][AlH][SiH3]. The normalized spacial score (nSPS) is 8.00. The van der Waals surface area contributed by atoms with Crippen LogP contribution in [-0.4, -0.2) is 22.9 Å². The lowest BCUT2D eigenvalue weighted by Crippen LogP contribution is -1.64. The fraction of sp³-hybridized carbons (Fsp3) is 0. The Hall–Kier alpha value is 0.849. The lowest BCUT2D eigenvalue weighted by molar-refractivity contribution is 0.605. The van der Waals surface area contributed by atoms with Gasteiger partial charge in [0.25, 0.3) is 0 Å². The van der Waals surface area contributed by atoms with Crippen LogP contribution in [0.5, 0.6) is 0 Å². The van der Waals surface area contributed by atoms with Crippen molar-refractivity contribution in [1.29, 1.82) is 0 Å². The van der Waals surface area contributed by atoms with Gasteiger partial charge in [0.2, 0.25) is 0 Å². The van der Waals surface area contributed by atoms with Crippen LogP contribution in [0.25, 0.3) is 0 Å². The first-order valence-corrected chi connectivity index (χ1v) is 9.76. The maximum atomic E-state index is 9.37. The zero-order valence-corrected chi connectivity index (χ0v) is 6.87. The fourth-order valence-electron chi connectivity index (χ4n) is 0. The van der Waals surface area contributed by atoms with E-state index in [4.69, 9.17) is 0 Å². The van der Waals surface area contributed by atoms with E-state index in [-0.39, 0.29) is 14.1 Å². The zero-order valence-electron chi connectivity index (χ0n) is 2.56. The van der Waals surface area contributed by atoms with E-state index < -0.39 is 0 Å². The summed E-state index contributed by atoms with van der Waals surface area (Å²) >= 11 is -0.0201. The fourth-order valence-corrected chi connectivity index (χ4v) is 0. The van der Waals surface area contributed by atoms with E-state index in [1.54, 1.807) is 0 Å². The highest BCUT2D eigenvalue weighted by Crippen LogP contribution is 1.74. The van der Waals surface area contributed by atoms with E-state index in [0.29, 0.717) is 7.11 Å². The van der Waals surface area contributed by atoms with Crippen molar-refractivity contribution in [2.75, 3.05) is 0 Å². The summed E-state index contributed by atoms with van der Waals surface area (Å²) in [6.45, 7) is 0. The van der Waals surface area contributed by atoms with Gasteiger partial charge < -0.3 is 4.57 Å². The molecule has 0 radical (unpaired) electrons. The number of rotatable bonds is 1. The van der Waals surface area contributed by atoms with Crippen LogP contribution < -0.4 is 0 Å². The van der Waals surface area contributed by atoms with Gasteiger partial charge in [-0.2, -0.15) is 0 Å². The van der Waals surface area contributed by atoms with Gasteiger partial charge in [-0.15, -0.1) is 0 Å². The van der Waals surface area contributed by atoms with Crippen LogP contribution in [0.15, 0.2) is 0 Å². The minimum atomic E-state index is -0.0201. The summed E-state index contributed by atoms with van der Waals surface area (Å²) < 4.78 is 9.37. The van der Waals surface area contributed by atoms with Crippen molar-refractivity contribution in [3.8, 4) is 0 Å². The summed E-state index contributed by atoms with van der Waals surface area (Å²) in [5.74, 6) is 0. The molecule has 0 atom stereocenters. The maximum Gasteiger partial charge on any atom is 0.365 e. The summed E-state index contributed by atoms with van der Waals surface area (Å²) in [6, 6.07) is 0. The Morgan fingerprint density at radius 3 is 2.25 bits per heavy atom. The third kappa shape index (κ3) is 2.85. The molecule has 0 unspecified atom stereocenters. The molecule has 4 heteroatoms. The highest BCUT2D eigenvalue weighted by Gasteiger charge is 1.67. The Morgan fingerprint density at radius 2 is 2.25 bits per heavy atom. The van der Waals surface area contributed by atoms with E-state index in [1.165, 1.54) is 8.80 Å². The van der Waals surface area contributed by atoms with Gasteiger partial charge in [0, 0.05) is 7.11 Å². The molecule has 4 heavy (non-hydrogen) atoms. The Morgan fingerprint density at radius 1 is 2.00 bits per heavy atom. The Bertz CT molecular complexity index is 22.0. The van der Waals surface area contributed by atoms with Crippen LogP contribution in [0.4, 0.5) is 0 Å². The van der Waals surface area contributed by atoms with Crippen molar-refractivity contribution in [3.63, 3.8) is 0 Å². The molecule has 0 bridgehead atoms. The highest BCUT2D eigenvalue weighted by molar-refractivity contribution is 7.69. The average Bonchev–Trinajstić information content (AvgIpc) is 1.37. The van der Waals surface area contributed by atoms with Crippen LogP contribution in [0, 0.1) is 0 Å². The first-order chi connectivity index (χ1) is 1.91. The molecule has 0 spiro atoms. The monoisotopic (exact) mass is 106 g/mol. The van der Waals surface area contributed by atoms with Gasteiger partial charge in [0.05, 0.1) is 0 Å². The smallest absolute Gasteiger partial charge is 0.300 e. The van der Waals surface area contributed by atoms with E-state index in [0.717, 1.165) is 0 Å². The summed E-state index contributed by atoms with van der Waals surface area (Å²) in [6.07, 6.45) is 0. The third-order valence-corrected chi connectivity index (χ3v) is 3.49. The molecule has 0 aromatic heterocycles. The lowest BCUT2D eigenvalue weighted by Gasteiger charge is -1.40. The van der Waals surface area contributed by atoms with Gasteiger partial charge in [0.15, 0.2) is 0 Å². The maximum absolute atomic E-state index is 9.37. The molecule has 0 N–H and O–H groups in total. The van der Waals surface area contributed by atoms with Crippen molar-refractivity contribution in [1.82, 2.24) is 0 Å². The molecule has 0 fully saturated rings. The van der Waals surface area contributed by atoms with Crippen molar-refractivity contribution in [2.45, 2.75) is 0 Å². The minimum absolute atomic E-state index is 0.0201. The quantitative estimate of drug-likeness (QED) is 0.306. The molecule has 0 heterocycles. The topological polar surface area (TPSA) is 17.1 Å². The molecule has 0 saturated carbocycles. The van der Waals surface area contributed by atoms with Gasteiger partial charge in [-0.25, -0.2) is 0 Å². The second-order valence-electron chi connectivity index (χ2n) is 0.445. The molecule has 0 saturated heterocycles. The third-order valence-electron chi connectivity index (χ3n) is 0.129. The summed E-state index contributed by atoms with van der Waals surface area (Å²) in [4.78, 5) is 0. The van der Waals surface area contributed by atoms with Gasteiger partial charge in [-0.3, -0.25) is 0 Å². The lowest BCUT2D eigenvalue weighted by atomic mass is 16.0. The summed E-state index contributed by atoms with van der Waals surface area (Å²) in [7, 11) is 1.65. The average molecular weight is 106 g/mol. The Kier molecular flexibility index (Phi) is 4.67. The second-order valence-corrected chi connectivity index (χ2v) is 9.70. The first-order valence-electron chi connectivity index (χ1n) is 1.21. The van der Waals surface area contributed by atoms with Crippen molar-refractivity contribution < 1.29 is 4.57 Å². The van der Waals surface area contributed by atoms with Gasteiger partial charge in [-0.05, 0) is 8.80 Å². The van der Waals surface area contributed by atoms with Crippen LogP contribution >= 0.6 is 7.11 Å². The predicted octanol–water partition coefficient (Wildman–Crippen LogP) is -1.09. The molecule has 0 amide bonds. The number of hydrogen-bond acceptors (Lipinski definition) is 1. The molecule has 0 aliphatic rings. The number of hydrogen-bond donors (Lipinski definition) is 0. The molecule has 1 nitrogen and oxygen atoms in total. The minimum Gasteiger partial charge on any atom is -0.300 e. The molecular formula is H4AlOPSi. The standard InChI is InChI=1S/Al.OP.H3Si.H/c;1-2;;/h;;1H3;/q+1;-1;;. The summed E-state index contributed by atoms with van der Waals surface area (Å²) in [5.41, 5.74) is 0. The van der Waals surface area contributed by atoms with E-state index in [1.807, 2.05) is 0 Å². The Labute approximate surface area is 35.1 Å². The van der Waals surface area contributed by atoms with Crippen LogP contribution in [-0.2, 0) is 4.57 Å². The largest absolute Gasteiger partial charge is 0.365 e. The molecule has 0 rings (SSSR count). The van der Waals surface area contributed by atoms with Crippen LogP contribution in [0.3, 0.4) is 0 Å². The van der Waals surface area contributed by atoms with Gasteiger partial charge in [-0.1, -0.05) is 0 Å². The summed E-state index contributed by atoms with van der Waals surface area (Å²) in [5, 5.41) is 0. The van der Waals surface area contributed by atoms with Gasteiger partial charge in [0.1, 0.15) is 0 Å². The van der Waals surface area contributed by atoms with E-state index in [9.17, 15) is 4.57 Å².